The lowest BCUT2D eigenvalue weighted by atomic mass is 9.87. The van der Waals surface area contributed by atoms with E-state index in [-0.39, 0.29) is 5.82 Å². The van der Waals surface area contributed by atoms with Crippen molar-refractivity contribution < 1.29 is 4.39 Å². The topological polar surface area (TPSA) is 27.0 Å². The van der Waals surface area contributed by atoms with E-state index in [1.165, 1.54) is 12.1 Å². The number of nitriles is 1. The highest BCUT2D eigenvalue weighted by Gasteiger charge is 2.31. The second-order valence-electron chi connectivity index (χ2n) is 4.50. The first kappa shape index (κ1) is 11.1. The molecular formula is C13H15FN2. The zero-order valence-corrected chi connectivity index (χ0v) is 9.36. The van der Waals surface area contributed by atoms with Crippen LogP contribution < -0.4 is 0 Å². The fourth-order valence-electron chi connectivity index (χ4n) is 2.50. The average molecular weight is 218 g/mol. The molecule has 0 amide bonds. The molecule has 1 aromatic rings. The summed E-state index contributed by atoms with van der Waals surface area (Å²) in [5.74, 6) is 0.539. The van der Waals surface area contributed by atoms with Crippen LogP contribution in [-0.4, -0.2) is 25.0 Å². The van der Waals surface area contributed by atoms with Gasteiger partial charge >= 0.3 is 0 Å². The van der Waals surface area contributed by atoms with E-state index in [2.05, 4.69) is 18.0 Å². The van der Waals surface area contributed by atoms with Crippen molar-refractivity contribution in [2.45, 2.75) is 12.3 Å². The third-order valence-corrected chi connectivity index (χ3v) is 3.28. The number of hydrogen-bond donors (Lipinski definition) is 0. The van der Waals surface area contributed by atoms with Gasteiger partial charge in [-0.2, -0.15) is 5.26 Å². The van der Waals surface area contributed by atoms with Crippen LogP contribution in [0, 0.1) is 23.1 Å². The predicted octanol–water partition coefficient (Wildman–Crippen LogP) is 2.38. The molecule has 2 unspecified atom stereocenters. The molecule has 1 aromatic carbocycles. The maximum atomic E-state index is 12.8. The van der Waals surface area contributed by atoms with Gasteiger partial charge in [-0.25, -0.2) is 4.39 Å². The van der Waals surface area contributed by atoms with Gasteiger partial charge in [-0.1, -0.05) is 12.1 Å². The summed E-state index contributed by atoms with van der Waals surface area (Å²) >= 11 is 0. The third kappa shape index (κ3) is 2.23. The Hall–Kier alpha value is -1.40. The average Bonchev–Trinajstić information content (AvgIpc) is 2.61. The van der Waals surface area contributed by atoms with Crippen LogP contribution in [0.3, 0.4) is 0 Å². The predicted molar refractivity (Wildman–Crippen MR) is 60.4 cm³/mol. The van der Waals surface area contributed by atoms with Gasteiger partial charge in [0, 0.05) is 25.4 Å². The van der Waals surface area contributed by atoms with Crippen molar-refractivity contribution in [3.63, 3.8) is 0 Å². The van der Waals surface area contributed by atoms with Gasteiger partial charge in [-0.3, -0.25) is 0 Å². The van der Waals surface area contributed by atoms with Crippen molar-refractivity contribution in [3.05, 3.63) is 35.6 Å². The first-order chi connectivity index (χ1) is 7.70. The highest BCUT2D eigenvalue weighted by atomic mass is 19.1. The normalized spacial score (nSPS) is 25.6. The number of rotatable bonds is 2. The van der Waals surface area contributed by atoms with Crippen molar-refractivity contribution in [3.8, 4) is 6.07 Å². The molecule has 84 valence electrons. The van der Waals surface area contributed by atoms with Crippen LogP contribution in [0.15, 0.2) is 24.3 Å². The van der Waals surface area contributed by atoms with E-state index >= 15 is 0 Å². The Morgan fingerprint density at radius 3 is 2.69 bits per heavy atom. The van der Waals surface area contributed by atoms with Crippen LogP contribution in [0.4, 0.5) is 4.39 Å². The summed E-state index contributed by atoms with van der Waals surface area (Å²) in [6.07, 6.45) is 0.576. The standard InChI is InChI=1S/C13H15FN2/c1-16-8-11(6-7-15)13(9-16)10-2-4-12(14)5-3-10/h2-5,11,13H,6,8-9H2,1H3. The van der Waals surface area contributed by atoms with Crippen LogP contribution in [0.5, 0.6) is 0 Å². The SMILES string of the molecule is CN1CC(CC#N)C(c2ccc(F)cc2)C1. The molecule has 2 nitrogen and oxygen atoms in total. The first-order valence-electron chi connectivity index (χ1n) is 5.51. The maximum absolute atomic E-state index is 12.8. The highest BCUT2D eigenvalue weighted by molar-refractivity contribution is 5.23. The van der Waals surface area contributed by atoms with E-state index in [1.807, 2.05) is 12.1 Å². The molecule has 0 radical (unpaired) electrons. The summed E-state index contributed by atoms with van der Waals surface area (Å²) in [5, 5.41) is 8.79. The highest BCUT2D eigenvalue weighted by Crippen LogP contribution is 2.33. The molecule has 0 saturated carbocycles. The van der Waals surface area contributed by atoms with Gasteiger partial charge in [0.2, 0.25) is 0 Å². The van der Waals surface area contributed by atoms with Crippen molar-refractivity contribution in [1.82, 2.24) is 4.90 Å². The van der Waals surface area contributed by atoms with Crippen molar-refractivity contribution in [1.29, 1.82) is 5.26 Å². The van der Waals surface area contributed by atoms with Crippen LogP contribution in [0.1, 0.15) is 17.9 Å². The van der Waals surface area contributed by atoms with Gasteiger partial charge < -0.3 is 4.90 Å². The molecule has 0 N–H and O–H groups in total. The van der Waals surface area contributed by atoms with Crippen LogP contribution in [-0.2, 0) is 0 Å². The molecule has 2 atom stereocenters. The molecule has 1 aliphatic heterocycles. The molecule has 1 heterocycles. The third-order valence-electron chi connectivity index (χ3n) is 3.28. The number of likely N-dealkylation sites (N-methyl/N-ethyl adjacent to an activating group) is 1. The second-order valence-corrected chi connectivity index (χ2v) is 4.50. The van der Waals surface area contributed by atoms with Crippen molar-refractivity contribution in [2.75, 3.05) is 20.1 Å². The lowest BCUT2D eigenvalue weighted by Gasteiger charge is -2.15. The first-order valence-corrected chi connectivity index (χ1v) is 5.51. The fraction of sp³-hybridized carbons (Fsp3) is 0.462. The molecule has 0 spiro atoms. The van der Waals surface area contributed by atoms with Gasteiger partial charge in [0.05, 0.1) is 6.07 Å². The number of benzene rings is 1. The quantitative estimate of drug-likeness (QED) is 0.762. The largest absolute Gasteiger partial charge is 0.305 e. The van der Waals surface area contributed by atoms with Crippen LogP contribution in [0.2, 0.25) is 0 Å². The summed E-state index contributed by atoms with van der Waals surface area (Å²) in [4.78, 5) is 2.23. The van der Waals surface area contributed by atoms with Gasteiger partial charge in [0.15, 0.2) is 0 Å². The molecule has 0 aromatic heterocycles. The number of halogens is 1. The summed E-state index contributed by atoms with van der Waals surface area (Å²) in [5.41, 5.74) is 1.14. The molecule has 0 aliphatic carbocycles. The monoisotopic (exact) mass is 218 g/mol. The number of nitrogens with zero attached hydrogens (tertiary/aromatic N) is 2. The zero-order valence-electron chi connectivity index (χ0n) is 9.36. The Labute approximate surface area is 95.3 Å². The van der Waals surface area contributed by atoms with Crippen LogP contribution >= 0.6 is 0 Å². The van der Waals surface area contributed by atoms with E-state index in [0.717, 1.165) is 18.7 Å². The Bertz CT molecular complexity index is 393. The molecule has 1 aliphatic rings. The Kier molecular flexibility index (Phi) is 3.21. The Morgan fingerprint density at radius 1 is 1.38 bits per heavy atom. The smallest absolute Gasteiger partial charge is 0.123 e. The van der Waals surface area contributed by atoms with E-state index in [0.29, 0.717) is 18.3 Å². The van der Waals surface area contributed by atoms with Crippen LogP contribution in [0.25, 0.3) is 0 Å². The van der Waals surface area contributed by atoms with Gasteiger partial charge in [-0.15, -0.1) is 0 Å². The van der Waals surface area contributed by atoms with Crippen molar-refractivity contribution >= 4 is 0 Å². The lowest BCUT2D eigenvalue weighted by molar-refractivity contribution is 0.396. The summed E-state index contributed by atoms with van der Waals surface area (Å²) in [6.45, 7) is 1.91. The second kappa shape index (κ2) is 4.63. The molecule has 16 heavy (non-hydrogen) atoms. The minimum absolute atomic E-state index is 0.202. The summed E-state index contributed by atoms with van der Waals surface area (Å²) < 4.78 is 12.8. The Morgan fingerprint density at radius 2 is 2.06 bits per heavy atom. The minimum Gasteiger partial charge on any atom is -0.305 e. The number of likely N-dealkylation sites (tertiary alicyclic amines) is 1. The molecule has 0 bridgehead atoms. The van der Waals surface area contributed by atoms with Gasteiger partial charge in [0.25, 0.3) is 0 Å². The summed E-state index contributed by atoms with van der Waals surface area (Å²) in [7, 11) is 2.06. The van der Waals surface area contributed by atoms with Gasteiger partial charge in [-0.05, 0) is 30.7 Å². The molecular weight excluding hydrogens is 203 g/mol. The summed E-state index contributed by atoms with van der Waals surface area (Å²) in [6, 6.07) is 8.91. The number of hydrogen-bond acceptors (Lipinski definition) is 2. The fourth-order valence-corrected chi connectivity index (χ4v) is 2.50. The maximum Gasteiger partial charge on any atom is 0.123 e. The molecule has 1 fully saturated rings. The van der Waals surface area contributed by atoms with E-state index in [4.69, 9.17) is 5.26 Å². The van der Waals surface area contributed by atoms with Gasteiger partial charge in [0.1, 0.15) is 5.82 Å². The minimum atomic E-state index is -0.202. The van der Waals surface area contributed by atoms with E-state index in [9.17, 15) is 4.39 Å². The molecule has 2 rings (SSSR count). The lowest BCUT2D eigenvalue weighted by Crippen LogP contribution is -2.13. The molecule has 3 heteroatoms. The Balaban J connectivity index is 2.19. The molecule has 1 saturated heterocycles. The zero-order chi connectivity index (χ0) is 11.5. The van der Waals surface area contributed by atoms with Crippen molar-refractivity contribution in [2.24, 2.45) is 5.92 Å². The van der Waals surface area contributed by atoms with E-state index in [1.54, 1.807) is 0 Å². The van der Waals surface area contributed by atoms with E-state index < -0.39 is 0 Å².